The van der Waals surface area contributed by atoms with Crippen LogP contribution >= 0.6 is 0 Å². The number of hydrogen-bond donors (Lipinski definition) is 2. The number of carbonyl (C=O) groups excluding carboxylic acids is 1. The van der Waals surface area contributed by atoms with Crippen LogP contribution in [0.5, 0.6) is 0 Å². The van der Waals surface area contributed by atoms with Crippen molar-refractivity contribution < 1.29 is 4.79 Å². The summed E-state index contributed by atoms with van der Waals surface area (Å²) in [6.07, 6.45) is 0. The molecular weight excluding hydrogens is 224 g/mol. The second-order valence-electron chi connectivity index (χ2n) is 5.88. The van der Waals surface area contributed by atoms with E-state index in [1.165, 1.54) is 5.56 Å². The van der Waals surface area contributed by atoms with Gasteiger partial charge in [0.15, 0.2) is 0 Å². The average Bonchev–Trinajstić information content (AvgIpc) is 2.34. The monoisotopic (exact) mass is 248 g/mol. The standard InChI is InChI=1S/C15H24N2O/c1-11(9-16)10-17-14(18)12-5-7-13(8-6-12)15(2,3)4/h5-8,11H,9-10,16H2,1-4H3,(H,17,18). The Morgan fingerprint density at radius 1 is 1.28 bits per heavy atom. The normalized spacial score (nSPS) is 13.2. The molecule has 1 atom stereocenters. The Morgan fingerprint density at radius 3 is 2.28 bits per heavy atom. The molecule has 0 aromatic heterocycles. The number of carbonyl (C=O) groups is 1. The molecule has 1 amide bonds. The van der Waals surface area contributed by atoms with E-state index in [0.717, 1.165) is 0 Å². The molecule has 0 aliphatic heterocycles. The van der Waals surface area contributed by atoms with Gasteiger partial charge in [0.1, 0.15) is 0 Å². The lowest BCUT2D eigenvalue weighted by Crippen LogP contribution is -2.31. The summed E-state index contributed by atoms with van der Waals surface area (Å²) in [7, 11) is 0. The zero-order chi connectivity index (χ0) is 13.8. The van der Waals surface area contributed by atoms with Gasteiger partial charge in [0.05, 0.1) is 0 Å². The zero-order valence-electron chi connectivity index (χ0n) is 11.8. The van der Waals surface area contributed by atoms with Gasteiger partial charge >= 0.3 is 0 Å². The molecule has 0 bridgehead atoms. The van der Waals surface area contributed by atoms with Gasteiger partial charge in [-0.1, -0.05) is 39.8 Å². The molecule has 0 saturated carbocycles. The summed E-state index contributed by atoms with van der Waals surface area (Å²) >= 11 is 0. The van der Waals surface area contributed by atoms with Crippen molar-refractivity contribution in [1.29, 1.82) is 0 Å². The number of amides is 1. The van der Waals surface area contributed by atoms with Crippen molar-refractivity contribution in [1.82, 2.24) is 5.32 Å². The molecule has 0 saturated heterocycles. The molecule has 0 heterocycles. The van der Waals surface area contributed by atoms with Crippen molar-refractivity contribution in [3.8, 4) is 0 Å². The maximum Gasteiger partial charge on any atom is 0.251 e. The van der Waals surface area contributed by atoms with Crippen molar-refractivity contribution >= 4 is 5.91 Å². The number of benzene rings is 1. The third kappa shape index (κ3) is 4.15. The van der Waals surface area contributed by atoms with E-state index >= 15 is 0 Å². The lowest BCUT2D eigenvalue weighted by molar-refractivity contribution is 0.0948. The van der Waals surface area contributed by atoms with Gasteiger partial charge in [0.2, 0.25) is 0 Å². The van der Waals surface area contributed by atoms with Crippen molar-refractivity contribution in [2.75, 3.05) is 13.1 Å². The van der Waals surface area contributed by atoms with Gasteiger partial charge in [0, 0.05) is 12.1 Å². The molecule has 1 aromatic rings. The Bertz CT molecular complexity index is 390. The summed E-state index contributed by atoms with van der Waals surface area (Å²) in [5.74, 6) is 0.276. The minimum absolute atomic E-state index is 0.0317. The maximum absolute atomic E-state index is 11.9. The SMILES string of the molecule is CC(CN)CNC(=O)c1ccc(C(C)(C)C)cc1. The first-order valence-electron chi connectivity index (χ1n) is 6.43. The highest BCUT2D eigenvalue weighted by Gasteiger charge is 2.14. The molecule has 3 N–H and O–H groups in total. The number of nitrogens with two attached hydrogens (primary N) is 1. The summed E-state index contributed by atoms with van der Waals surface area (Å²) in [4.78, 5) is 11.9. The minimum Gasteiger partial charge on any atom is -0.352 e. The topological polar surface area (TPSA) is 55.1 Å². The van der Waals surface area contributed by atoms with Crippen LogP contribution in [0.4, 0.5) is 0 Å². The molecular formula is C15H24N2O. The summed E-state index contributed by atoms with van der Waals surface area (Å²) < 4.78 is 0. The van der Waals surface area contributed by atoms with Crippen LogP contribution in [0.1, 0.15) is 43.6 Å². The number of nitrogens with one attached hydrogen (secondary N) is 1. The Labute approximate surface area is 110 Å². The molecule has 1 aromatic carbocycles. The Balaban J connectivity index is 2.65. The van der Waals surface area contributed by atoms with Crippen LogP contribution in [0.15, 0.2) is 24.3 Å². The van der Waals surface area contributed by atoms with E-state index < -0.39 is 0 Å². The Hall–Kier alpha value is -1.35. The summed E-state index contributed by atoms with van der Waals surface area (Å²) in [5.41, 5.74) is 7.56. The second kappa shape index (κ2) is 6.01. The summed E-state index contributed by atoms with van der Waals surface area (Å²) in [6.45, 7) is 9.70. The van der Waals surface area contributed by atoms with Crippen molar-refractivity contribution in [3.05, 3.63) is 35.4 Å². The molecule has 0 aliphatic rings. The van der Waals surface area contributed by atoms with Crippen molar-refractivity contribution in [2.45, 2.75) is 33.1 Å². The Kier molecular flexibility index (Phi) is 4.91. The van der Waals surface area contributed by atoms with Gasteiger partial charge in [0.25, 0.3) is 5.91 Å². The number of hydrogen-bond acceptors (Lipinski definition) is 2. The molecule has 18 heavy (non-hydrogen) atoms. The van der Waals surface area contributed by atoms with Gasteiger partial charge in [-0.05, 0) is 35.6 Å². The van der Waals surface area contributed by atoms with Crippen LogP contribution < -0.4 is 11.1 Å². The van der Waals surface area contributed by atoms with Gasteiger partial charge in [-0.25, -0.2) is 0 Å². The van der Waals surface area contributed by atoms with Gasteiger partial charge in [-0.3, -0.25) is 4.79 Å². The Morgan fingerprint density at radius 2 is 1.83 bits per heavy atom. The van der Waals surface area contributed by atoms with Crippen LogP contribution in [0.3, 0.4) is 0 Å². The highest BCUT2D eigenvalue weighted by Crippen LogP contribution is 2.22. The largest absolute Gasteiger partial charge is 0.352 e. The van der Waals surface area contributed by atoms with Gasteiger partial charge < -0.3 is 11.1 Å². The lowest BCUT2D eigenvalue weighted by atomic mass is 9.87. The molecule has 3 nitrogen and oxygen atoms in total. The van der Waals surface area contributed by atoms with Crippen molar-refractivity contribution in [3.63, 3.8) is 0 Å². The zero-order valence-corrected chi connectivity index (χ0v) is 11.8. The predicted octanol–water partition coefficient (Wildman–Crippen LogP) is 2.31. The third-order valence-electron chi connectivity index (χ3n) is 3.03. The van der Waals surface area contributed by atoms with Gasteiger partial charge in [-0.15, -0.1) is 0 Å². The summed E-state index contributed by atoms with van der Waals surface area (Å²) in [5, 5.41) is 2.89. The quantitative estimate of drug-likeness (QED) is 0.859. The van der Waals surface area contributed by atoms with E-state index in [4.69, 9.17) is 5.73 Å². The van der Waals surface area contributed by atoms with Crippen LogP contribution in [-0.4, -0.2) is 19.0 Å². The fraction of sp³-hybridized carbons (Fsp3) is 0.533. The molecule has 0 spiro atoms. The molecule has 100 valence electrons. The van der Waals surface area contributed by atoms with E-state index in [1.54, 1.807) is 0 Å². The summed E-state index contributed by atoms with van der Waals surface area (Å²) in [6, 6.07) is 7.79. The average molecular weight is 248 g/mol. The lowest BCUT2D eigenvalue weighted by Gasteiger charge is -2.19. The first kappa shape index (κ1) is 14.7. The number of rotatable bonds is 4. The first-order valence-corrected chi connectivity index (χ1v) is 6.43. The molecule has 3 heteroatoms. The van der Waals surface area contributed by atoms with Crippen LogP contribution in [0.25, 0.3) is 0 Å². The van der Waals surface area contributed by atoms with Gasteiger partial charge in [-0.2, -0.15) is 0 Å². The van der Waals surface area contributed by atoms with Crippen molar-refractivity contribution in [2.24, 2.45) is 11.7 Å². The van der Waals surface area contributed by atoms with E-state index in [-0.39, 0.29) is 11.3 Å². The molecule has 0 fully saturated rings. The maximum atomic E-state index is 11.9. The van der Waals surface area contributed by atoms with E-state index in [2.05, 4.69) is 26.1 Å². The van der Waals surface area contributed by atoms with E-state index in [0.29, 0.717) is 24.6 Å². The van der Waals surface area contributed by atoms with Crippen LogP contribution in [-0.2, 0) is 5.41 Å². The van der Waals surface area contributed by atoms with E-state index in [1.807, 2.05) is 31.2 Å². The highest BCUT2D eigenvalue weighted by atomic mass is 16.1. The third-order valence-corrected chi connectivity index (χ3v) is 3.03. The molecule has 1 unspecified atom stereocenters. The fourth-order valence-electron chi connectivity index (χ4n) is 1.57. The second-order valence-corrected chi connectivity index (χ2v) is 5.88. The smallest absolute Gasteiger partial charge is 0.251 e. The predicted molar refractivity (Wildman–Crippen MR) is 75.7 cm³/mol. The fourth-order valence-corrected chi connectivity index (χ4v) is 1.57. The van der Waals surface area contributed by atoms with Crippen LogP contribution in [0.2, 0.25) is 0 Å². The molecule has 1 rings (SSSR count). The van der Waals surface area contributed by atoms with Crippen LogP contribution in [0, 0.1) is 5.92 Å². The minimum atomic E-state index is -0.0317. The highest BCUT2D eigenvalue weighted by molar-refractivity contribution is 5.94. The molecule has 0 radical (unpaired) electrons. The van der Waals surface area contributed by atoms with E-state index in [9.17, 15) is 4.79 Å². The first-order chi connectivity index (χ1) is 8.34. The molecule has 0 aliphatic carbocycles.